The first-order chi connectivity index (χ1) is 21.3. The second-order valence-corrected chi connectivity index (χ2v) is 13.5. The molecule has 9 heteroatoms. The largest absolute Gasteiger partial charge is 0.444 e. The minimum atomic E-state index is -0.677. The summed E-state index contributed by atoms with van der Waals surface area (Å²) < 4.78 is 5.85. The number of amides is 2. The van der Waals surface area contributed by atoms with Crippen LogP contribution in [-0.2, 0) is 9.53 Å². The molecule has 2 fully saturated rings. The average molecular weight is 616 g/mol. The van der Waals surface area contributed by atoms with E-state index in [1.807, 2.05) is 37.9 Å². The molecule has 3 aromatic rings. The van der Waals surface area contributed by atoms with Gasteiger partial charge < -0.3 is 4.74 Å². The van der Waals surface area contributed by atoms with Gasteiger partial charge in [0.05, 0.1) is 6.04 Å². The summed E-state index contributed by atoms with van der Waals surface area (Å²) in [5.74, 6) is 0.462. The number of benzene rings is 2. The first-order valence-corrected chi connectivity index (χ1v) is 16.7. The molecule has 2 atom stereocenters. The van der Waals surface area contributed by atoms with Crippen LogP contribution in [-0.4, -0.2) is 86.9 Å². The normalized spacial score (nSPS) is 19.7. The Labute approximate surface area is 266 Å². The summed E-state index contributed by atoms with van der Waals surface area (Å²) in [5, 5.41) is 3.79. The maximum Gasteiger partial charge on any atom is 0.412 e. The Morgan fingerprint density at radius 2 is 1.59 bits per heavy atom. The third kappa shape index (κ3) is 7.62. The smallest absolute Gasteiger partial charge is 0.412 e. The van der Waals surface area contributed by atoms with Gasteiger partial charge in [0.15, 0.2) is 0 Å². The molecule has 1 aromatic heterocycles. The molecule has 3 heterocycles. The number of ether oxygens (including phenoxy) is 1. The van der Waals surface area contributed by atoms with Crippen LogP contribution in [0.15, 0.2) is 85.2 Å². The summed E-state index contributed by atoms with van der Waals surface area (Å²) in [6, 6.07) is 24.6. The Hall–Kier alpha value is -3.40. The molecule has 0 spiro atoms. The van der Waals surface area contributed by atoms with E-state index in [2.05, 4.69) is 82.5 Å². The molecule has 8 nitrogen and oxygen atoms in total. The van der Waals surface area contributed by atoms with Crippen LogP contribution < -0.4 is 0 Å². The molecule has 2 aliphatic rings. The fourth-order valence-corrected chi connectivity index (χ4v) is 7.37. The minimum Gasteiger partial charge on any atom is -0.444 e. The minimum absolute atomic E-state index is 0.0423. The van der Waals surface area contributed by atoms with Crippen molar-refractivity contribution in [3.8, 4) is 0 Å². The fourth-order valence-electron chi connectivity index (χ4n) is 5.98. The first kappa shape index (κ1) is 32.0. The molecular weight excluding hydrogens is 570 g/mol. The van der Waals surface area contributed by atoms with E-state index in [1.165, 1.54) is 11.1 Å². The van der Waals surface area contributed by atoms with Crippen LogP contribution in [0.2, 0.25) is 0 Å². The van der Waals surface area contributed by atoms with Crippen molar-refractivity contribution in [2.24, 2.45) is 0 Å². The van der Waals surface area contributed by atoms with Gasteiger partial charge >= 0.3 is 6.09 Å². The highest BCUT2D eigenvalue weighted by atomic mass is 32.2. The van der Waals surface area contributed by atoms with Crippen molar-refractivity contribution in [1.29, 1.82) is 0 Å². The van der Waals surface area contributed by atoms with E-state index in [-0.39, 0.29) is 17.3 Å². The molecule has 0 radical (unpaired) electrons. The van der Waals surface area contributed by atoms with Gasteiger partial charge in [0.1, 0.15) is 17.0 Å². The molecule has 0 saturated carbocycles. The Balaban J connectivity index is 1.36. The van der Waals surface area contributed by atoms with Gasteiger partial charge in [-0.05, 0) is 44.4 Å². The summed E-state index contributed by atoms with van der Waals surface area (Å²) in [6.07, 6.45) is 4.88. The van der Waals surface area contributed by atoms with Crippen molar-refractivity contribution in [1.82, 2.24) is 24.8 Å². The lowest BCUT2D eigenvalue weighted by atomic mass is 9.96. The summed E-state index contributed by atoms with van der Waals surface area (Å²) in [6.45, 7) is 11.4. The van der Waals surface area contributed by atoms with Crippen LogP contribution in [0.3, 0.4) is 0 Å². The second-order valence-electron chi connectivity index (χ2n) is 12.4. The third-order valence-electron chi connectivity index (χ3n) is 8.07. The second kappa shape index (κ2) is 14.6. The molecule has 0 N–H and O–H groups in total. The number of unbranched alkanes of at least 4 members (excludes halogenated alkanes) is 1. The predicted octanol–water partition coefficient (Wildman–Crippen LogP) is 6.38. The topological polar surface area (TPSA) is 69.2 Å². The fraction of sp³-hybridized carbons (Fsp3) is 0.457. The molecule has 2 aliphatic heterocycles. The number of hydrogen-bond acceptors (Lipinski definition) is 7. The Morgan fingerprint density at radius 1 is 0.955 bits per heavy atom. The summed E-state index contributed by atoms with van der Waals surface area (Å²) >= 11 is 1.59. The van der Waals surface area contributed by atoms with E-state index < -0.39 is 17.7 Å². The average Bonchev–Trinajstić information content (AvgIpc) is 3.48. The quantitative estimate of drug-likeness (QED) is 0.277. The van der Waals surface area contributed by atoms with Gasteiger partial charge in [-0.15, -0.1) is 11.8 Å². The SMILES string of the molecule is CCCCN(C(=O)C1CSC(c2cccnc2)N1C(=O)OC(C)(C)C)N1CCN(C(c2ccccc2)c2ccccc2)CC1. The number of aromatic nitrogens is 1. The van der Waals surface area contributed by atoms with Crippen molar-refractivity contribution >= 4 is 23.8 Å². The van der Waals surface area contributed by atoms with Crippen molar-refractivity contribution in [3.63, 3.8) is 0 Å². The van der Waals surface area contributed by atoms with E-state index >= 15 is 0 Å². The van der Waals surface area contributed by atoms with Gasteiger partial charge in [-0.3, -0.25) is 24.6 Å². The molecule has 2 unspecified atom stereocenters. The monoisotopic (exact) mass is 615 g/mol. The number of carbonyl (C=O) groups excluding carboxylic acids is 2. The molecule has 0 aliphatic carbocycles. The van der Waals surface area contributed by atoms with Gasteiger partial charge in [0.2, 0.25) is 0 Å². The summed E-state index contributed by atoms with van der Waals surface area (Å²) in [7, 11) is 0. The van der Waals surface area contributed by atoms with Crippen LogP contribution >= 0.6 is 11.8 Å². The van der Waals surface area contributed by atoms with Crippen LogP contribution in [0, 0.1) is 0 Å². The van der Waals surface area contributed by atoms with Gasteiger partial charge in [0.25, 0.3) is 5.91 Å². The summed E-state index contributed by atoms with van der Waals surface area (Å²) in [4.78, 5) is 36.5. The highest BCUT2D eigenvalue weighted by Gasteiger charge is 2.46. The maximum atomic E-state index is 14.5. The van der Waals surface area contributed by atoms with E-state index in [0.717, 1.165) is 44.6 Å². The van der Waals surface area contributed by atoms with E-state index in [9.17, 15) is 9.59 Å². The highest BCUT2D eigenvalue weighted by Crippen LogP contribution is 2.42. The standard InChI is InChI=1S/C35H45N5O3S/c1-5-6-20-39(32(41)30-26-44-33(29-18-13-19-36-25-29)40(30)34(42)43-35(2,3)4)38-23-21-37(22-24-38)31(27-14-9-7-10-15-27)28-16-11-8-12-17-28/h7-19,25,30-31,33H,5-6,20-24,26H2,1-4H3. The lowest BCUT2D eigenvalue weighted by molar-refractivity contribution is -0.158. The zero-order chi connectivity index (χ0) is 31.1. The van der Waals surface area contributed by atoms with Gasteiger partial charge in [-0.25, -0.2) is 9.80 Å². The number of pyridine rings is 1. The third-order valence-corrected chi connectivity index (χ3v) is 9.39. The van der Waals surface area contributed by atoms with Gasteiger partial charge in [0, 0.05) is 56.4 Å². The highest BCUT2D eigenvalue weighted by molar-refractivity contribution is 7.99. The maximum absolute atomic E-state index is 14.5. The van der Waals surface area contributed by atoms with Gasteiger partial charge in [-0.2, -0.15) is 0 Å². The number of rotatable bonds is 9. The van der Waals surface area contributed by atoms with Crippen LogP contribution in [0.1, 0.15) is 68.6 Å². The number of nitrogens with zero attached hydrogens (tertiary/aromatic N) is 5. The number of carbonyl (C=O) groups is 2. The zero-order valence-electron chi connectivity index (χ0n) is 26.3. The summed E-state index contributed by atoms with van der Waals surface area (Å²) in [5.41, 5.74) is 2.75. The van der Waals surface area contributed by atoms with E-state index in [0.29, 0.717) is 12.3 Å². The molecule has 44 heavy (non-hydrogen) atoms. The Morgan fingerprint density at radius 3 is 2.14 bits per heavy atom. The zero-order valence-corrected chi connectivity index (χ0v) is 27.2. The molecule has 2 amide bonds. The molecule has 2 aromatic carbocycles. The number of piperazine rings is 1. The molecular formula is C35H45N5O3S. The van der Waals surface area contributed by atoms with Crippen LogP contribution in [0.4, 0.5) is 4.79 Å². The van der Waals surface area contributed by atoms with Crippen molar-refractivity contribution in [2.45, 2.75) is 63.6 Å². The number of hydrazine groups is 1. The number of hydrogen-bond donors (Lipinski definition) is 0. The molecule has 0 bridgehead atoms. The van der Waals surface area contributed by atoms with Crippen LogP contribution in [0.5, 0.6) is 0 Å². The van der Waals surface area contributed by atoms with E-state index in [1.54, 1.807) is 29.1 Å². The van der Waals surface area contributed by atoms with Crippen molar-refractivity contribution in [2.75, 3.05) is 38.5 Å². The lowest BCUT2D eigenvalue weighted by Gasteiger charge is -2.45. The lowest BCUT2D eigenvalue weighted by Crippen LogP contribution is -2.60. The van der Waals surface area contributed by atoms with Crippen molar-refractivity contribution < 1.29 is 14.3 Å². The molecule has 2 saturated heterocycles. The molecule has 5 rings (SSSR count). The van der Waals surface area contributed by atoms with Gasteiger partial charge in [-0.1, -0.05) is 80.1 Å². The Bertz CT molecular complexity index is 1310. The van der Waals surface area contributed by atoms with Crippen molar-refractivity contribution in [3.05, 3.63) is 102 Å². The molecule has 234 valence electrons. The first-order valence-electron chi connectivity index (χ1n) is 15.7. The predicted molar refractivity (Wildman–Crippen MR) is 176 cm³/mol. The van der Waals surface area contributed by atoms with Crippen LogP contribution in [0.25, 0.3) is 0 Å². The number of thioether (sulfide) groups is 1. The Kier molecular flexibility index (Phi) is 10.6. The van der Waals surface area contributed by atoms with E-state index in [4.69, 9.17) is 4.74 Å².